The number of nitrogens with one attached hydrogen (secondary N) is 3. The van der Waals surface area contributed by atoms with Gasteiger partial charge in [0.1, 0.15) is 5.54 Å². The van der Waals surface area contributed by atoms with E-state index in [9.17, 15) is 19.5 Å². The molecule has 3 amide bonds. The number of carbonyl (C=O) groups is 3. The lowest BCUT2D eigenvalue weighted by Crippen LogP contribution is -2.59. The topological polar surface area (TPSA) is 108 Å². The molecule has 2 aliphatic carbocycles. The summed E-state index contributed by atoms with van der Waals surface area (Å²) in [4.78, 5) is 35.3. The van der Waals surface area contributed by atoms with E-state index in [1.54, 1.807) is 18.2 Å². The molecule has 2 aliphatic rings. The molecule has 0 aromatic heterocycles. The summed E-state index contributed by atoms with van der Waals surface area (Å²) in [5, 5.41) is 17.3. The van der Waals surface area contributed by atoms with E-state index in [1.807, 2.05) is 0 Å². The second kappa shape index (κ2) is 5.91. The number of carbonyl (C=O) groups excluding carboxylic acids is 2. The van der Waals surface area contributed by atoms with Crippen LogP contribution in [-0.2, 0) is 4.79 Å². The lowest BCUT2D eigenvalue weighted by molar-refractivity contribution is -0.148. The molecule has 3 rings (SSSR count). The average Bonchev–Trinajstić information content (AvgIpc) is 3.26. The molecule has 2 saturated carbocycles. The Morgan fingerprint density at radius 2 is 1.91 bits per heavy atom. The van der Waals surface area contributed by atoms with E-state index >= 15 is 0 Å². The first-order valence-corrected chi connectivity index (χ1v) is 7.72. The normalized spacial score (nSPS) is 18.4. The van der Waals surface area contributed by atoms with Gasteiger partial charge >= 0.3 is 12.0 Å². The highest BCUT2D eigenvalue weighted by Gasteiger charge is 2.45. The van der Waals surface area contributed by atoms with E-state index in [0.29, 0.717) is 24.1 Å². The average molecular weight is 317 g/mol. The van der Waals surface area contributed by atoms with Gasteiger partial charge in [0.15, 0.2) is 0 Å². The first-order valence-electron chi connectivity index (χ1n) is 7.72. The first-order chi connectivity index (χ1) is 11.0. The van der Waals surface area contributed by atoms with Crippen molar-refractivity contribution in [2.45, 2.75) is 43.7 Å². The summed E-state index contributed by atoms with van der Waals surface area (Å²) in [5.41, 5.74) is -0.334. The SMILES string of the molecule is O=C(Nc1cccc(C(=O)NC2(C(=O)O)CCC2)c1)NC1CC1. The molecular weight excluding hydrogens is 298 g/mol. The van der Waals surface area contributed by atoms with Crippen LogP contribution in [0, 0.1) is 0 Å². The number of rotatable bonds is 5. The van der Waals surface area contributed by atoms with Gasteiger partial charge in [-0.15, -0.1) is 0 Å². The summed E-state index contributed by atoms with van der Waals surface area (Å²) in [7, 11) is 0. The van der Waals surface area contributed by atoms with Crippen LogP contribution >= 0.6 is 0 Å². The lowest BCUT2D eigenvalue weighted by atomic mass is 9.76. The van der Waals surface area contributed by atoms with Crippen molar-refractivity contribution in [1.29, 1.82) is 0 Å². The van der Waals surface area contributed by atoms with Gasteiger partial charge in [0.05, 0.1) is 0 Å². The Morgan fingerprint density at radius 1 is 1.17 bits per heavy atom. The smallest absolute Gasteiger partial charge is 0.329 e. The van der Waals surface area contributed by atoms with Crippen molar-refractivity contribution in [3.63, 3.8) is 0 Å². The second-order valence-corrected chi connectivity index (χ2v) is 6.15. The van der Waals surface area contributed by atoms with Crippen LogP contribution in [0.4, 0.5) is 10.5 Å². The first kappa shape index (κ1) is 15.3. The Labute approximate surface area is 133 Å². The van der Waals surface area contributed by atoms with Gasteiger partial charge in [0, 0.05) is 17.3 Å². The van der Waals surface area contributed by atoms with Crippen LogP contribution in [0.1, 0.15) is 42.5 Å². The van der Waals surface area contributed by atoms with Crippen LogP contribution in [0.3, 0.4) is 0 Å². The van der Waals surface area contributed by atoms with Gasteiger partial charge in [-0.3, -0.25) is 4.79 Å². The van der Waals surface area contributed by atoms with Gasteiger partial charge in [-0.1, -0.05) is 6.07 Å². The summed E-state index contributed by atoms with van der Waals surface area (Å²) in [5.74, 6) is -1.45. The highest BCUT2D eigenvalue weighted by Crippen LogP contribution is 2.32. The van der Waals surface area contributed by atoms with Gasteiger partial charge in [-0.25, -0.2) is 9.59 Å². The Balaban J connectivity index is 1.65. The molecule has 0 atom stereocenters. The Kier molecular flexibility index (Phi) is 3.94. The van der Waals surface area contributed by atoms with Crippen LogP contribution in [0.5, 0.6) is 0 Å². The maximum absolute atomic E-state index is 12.3. The van der Waals surface area contributed by atoms with Crippen molar-refractivity contribution in [1.82, 2.24) is 10.6 Å². The second-order valence-electron chi connectivity index (χ2n) is 6.15. The summed E-state index contributed by atoms with van der Waals surface area (Å²) in [6.45, 7) is 0. The Hall–Kier alpha value is -2.57. The molecule has 122 valence electrons. The molecular formula is C16H19N3O4. The van der Waals surface area contributed by atoms with Gasteiger partial charge in [0.2, 0.25) is 0 Å². The Morgan fingerprint density at radius 3 is 2.48 bits per heavy atom. The molecule has 0 unspecified atom stereocenters. The van der Waals surface area contributed by atoms with E-state index in [2.05, 4.69) is 16.0 Å². The third kappa shape index (κ3) is 3.44. The molecule has 0 bridgehead atoms. The lowest BCUT2D eigenvalue weighted by Gasteiger charge is -2.38. The van der Waals surface area contributed by atoms with Crippen molar-refractivity contribution >= 4 is 23.6 Å². The monoisotopic (exact) mass is 317 g/mol. The fraction of sp³-hybridized carbons (Fsp3) is 0.438. The molecule has 0 saturated heterocycles. The Bertz CT molecular complexity index is 650. The third-order valence-corrected chi connectivity index (χ3v) is 4.26. The van der Waals surface area contributed by atoms with E-state index in [0.717, 1.165) is 19.3 Å². The van der Waals surface area contributed by atoms with Crippen molar-refractivity contribution in [3.8, 4) is 0 Å². The van der Waals surface area contributed by atoms with Crippen molar-refractivity contribution < 1.29 is 19.5 Å². The largest absolute Gasteiger partial charge is 0.480 e. The highest BCUT2D eigenvalue weighted by atomic mass is 16.4. The molecule has 23 heavy (non-hydrogen) atoms. The number of urea groups is 1. The zero-order valence-electron chi connectivity index (χ0n) is 12.6. The molecule has 7 heteroatoms. The molecule has 7 nitrogen and oxygen atoms in total. The number of amides is 3. The maximum atomic E-state index is 12.3. The fourth-order valence-electron chi connectivity index (χ4n) is 2.53. The number of hydrogen-bond acceptors (Lipinski definition) is 3. The number of benzene rings is 1. The van der Waals surface area contributed by atoms with Crippen LogP contribution in [-0.4, -0.2) is 34.6 Å². The highest BCUT2D eigenvalue weighted by molar-refractivity contribution is 5.99. The number of carboxylic acid groups (broad SMARTS) is 1. The van der Waals surface area contributed by atoms with Crippen LogP contribution in [0.2, 0.25) is 0 Å². The molecule has 4 N–H and O–H groups in total. The van der Waals surface area contributed by atoms with E-state index < -0.39 is 17.4 Å². The summed E-state index contributed by atoms with van der Waals surface area (Å²) < 4.78 is 0. The molecule has 1 aromatic carbocycles. The van der Waals surface area contributed by atoms with E-state index in [4.69, 9.17) is 0 Å². The van der Waals surface area contributed by atoms with Gasteiger partial charge in [0.25, 0.3) is 5.91 Å². The summed E-state index contributed by atoms with van der Waals surface area (Å²) in [6.07, 6.45) is 3.65. The molecule has 1 aromatic rings. The molecule has 0 radical (unpaired) electrons. The molecule has 0 spiro atoms. The van der Waals surface area contributed by atoms with Crippen LogP contribution < -0.4 is 16.0 Å². The molecule has 2 fully saturated rings. The molecule has 0 aliphatic heterocycles. The van der Waals surface area contributed by atoms with Crippen molar-refractivity contribution in [2.75, 3.05) is 5.32 Å². The minimum absolute atomic E-state index is 0.246. The number of carboxylic acids is 1. The maximum Gasteiger partial charge on any atom is 0.329 e. The van der Waals surface area contributed by atoms with Crippen molar-refractivity contribution in [3.05, 3.63) is 29.8 Å². The quantitative estimate of drug-likeness (QED) is 0.663. The zero-order chi connectivity index (χ0) is 16.4. The van der Waals surface area contributed by atoms with Gasteiger partial charge < -0.3 is 21.1 Å². The minimum atomic E-state index is -1.15. The summed E-state index contributed by atoms with van der Waals surface area (Å²) in [6, 6.07) is 6.40. The fourth-order valence-corrected chi connectivity index (χ4v) is 2.53. The summed E-state index contributed by atoms with van der Waals surface area (Å²) >= 11 is 0. The molecule has 0 heterocycles. The predicted molar refractivity (Wildman–Crippen MR) is 83.3 cm³/mol. The number of hydrogen-bond donors (Lipinski definition) is 4. The third-order valence-electron chi connectivity index (χ3n) is 4.26. The zero-order valence-corrected chi connectivity index (χ0v) is 12.6. The van der Waals surface area contributed by atoms with Crippen LogP contribution in [0.15, 0.2) is 24.3 Å². The predicted octanol–water partition coefficient (Wildman–Crippen LogP) is 1.71. The standard InChI is InChI=1S/C16H19N3O4/c20-13(19-16(14(21)22)7-2-8-16)10-3-1-4-12(9-10)18-15(23)17-11-5-6-11/h1,3-4,9,11H,2,5-8H2,(H,19,20)(H,21,22)(H2,17,18,23). The van der Waals surface area contributed by atoms with Gasteiger partial charge in [-0.2, -0.15) is 0 Å². The van der Waals surface area contributed by atoms with Crippen molar-refractivity contribution in [2.24, 2.45) is 0 Å². The van der Waals surface area contributed by atoms with Gasteiger partial charge in [-0.05, 0) is 50.3 Å². The number of anilines is 1. The minimum Gasteiger partial charge on any atom is -0.480 e. The number of aliphatic carboxylic acids is 1. The van der Waals surface area contributed by atoms with Crippen LogP contribution in [0.25, 0.3) is 0 Å². The van der Waals surface area contributed by atoms with E-state index in [1.165, 1.54) is 6.07 Å². The van der Waals surface area contributed by atoms with E-state index in [-0.39, 0.29) is 12.1 Å².